The SMILES string of the molecule is CC(c1cc(-c2ccccc2)no1)N(C)C. The summed E-state index contributed by atoms with van der Waals surface area (Å²) in [7, 11) is 4.05. The van der Waals surface area contributed by atoms with E-state index in [1.165, 1.54) is 0 Å². The van der Waals surface area contributed by atoms with Gasteiger partial charge < -0.3 is 4.52 Å². The number of rotatable bonds is 3. The lowest BCUT2D eigenvalue weighted by atomic mass is 10.1. The smallest absolute Gasteiger partial charge is 0.154 e. The number of hydrogen-bond donors (Lipinski definition) is 0. The lowest BCUT2D eigenvalue weighted by molar-refractivity contribution is 0.253. The van der Waals surface area contributed by atoms with E-state index in [9.17, 15) is 0 Å². The van der Waals surface area contributed by atoms with Crippen LogP contribution < -0.4 is 0 Å². The van der Waals surface area contributed by atoms with Gasteiger partial charge in [-0.15, -0.1) is 0 Å². The number of aromatic nitrogens is 1. The molecule has 0 spiro atoms. The van der Waals surface area contributed by atoms with Gasteiger partial charge in [0.25, 0.3) is 0 Å². The minimum Gasteiger partial charge on any atom is -0.359 e. The van der Waals surface area contributed by atoms with E-state index in [0.29, 0.717) is 0 Å². The zero-order valence-electron chi connectivity index (χ0n) is 9.84. The number of benzene rings is 1. The summed E-state index contributed by atoms with van der Waals surface area (Å²) in [4.78, 5) is 2.09. The first-order chi connectivity index (χ1) is 7.68. The molecule has 1 aromatic heterocycles. The van der Waals surface area contributed by atoms with Crippen molar-refractivity contribution in [2.24, 2.45) is 0 Å². The minimum absolute atomic E-state index is 0.241. The van der Waals surface area contributed by atoms with E-state index >= 15 is 0 Å². The molecule has 0 radical (unpaired) electrons. The predicted octanol–water partition coefficient (Wildman–Crippen LogP) is 2.96. The maximum Gasteiger partial charge on any atom is 0.154 e. The maximum atomic E-state index is 5.35. The monoisotopic (exact) mass is 216 g/mol. The predicted molar refractivity (Wildman–Crippen MR) is 64.0 cm³/mol. The summed E-state index contributed by atoms with van der Waals surface area (Å²) in [5.41, 5.74) is 1.98. The molecule has 16 heavy (non-hydrogen) atoms. The van der Waals surface area contributed by atoms with Gasteiger partial charge in [0.15, 0.2) is 5.76 Å². The Bertz CT molecular complexity index is 448. The summed E-state index contributed by atoms with van der Waals surface area (Å²) >= 11 is 0. The molecule has 2 aromatic rings. The maximum absolute atomic E-state index is 5.35. The van der Waals surface area contributed by atoms with Crippen LogP contribution in [0.25, 0.3) is 11.3 Å². The Morgan fingerprint density at radius 1 is 1.19 bits per heavy atom. The van der Waals surface area contributed by atoms with Crippen molar-refractivity contribution >= 4 is 0 Å². The van der Waals surface area contributed by atoms with Gasteiger partial charge in [0, 0.05) is 11.6 Å². The van der Waals surface area contributed by atoms with Crippen molar-refractivity contribution in [1.29, 1.82) is 0 Å². The molecular formula is C13H16N2O. The summed E-state index contributed by atoms with van der Waals surface area (Å²) in [5.74, 6) is 0.892. The normalized spacial score (nSPS) is 13.0. The highest BCUT2D eigenvalue weighted by atomic mass is 16.5. The van der Waals surface area contributed by atoms with E-state index in [1.807, 2.05) is 50.5 Å². The summed E-state index contributed by atoms with van der Waals surface area (Å²) in [5, 5.41) is 4.09. The Morgan fingerprint density at radius 2 is 1.88 bits per heavy atom. The van der Waals surface area contributed by atoms with Gasteiger partial charge in [-0.05, 0) is 21.0 Å². The Kier molecular flexibility index (Phi) is 3.06. The van der Waals surface area contributed by atoms with Gasteiger partial charge in [0.2, 0.25) is 0 Å². The zero-order chi connectivity index (χ0) is 11.5. The van der Waals surface area contributed by atoms with Crippen LogP contribution in [0.15, 0.2) is 40.9 Å². The standard InChI is InChI=1S/C13H16N2O/c1-10(15(2)3)13-9-12(14-16-13)11-7-5-4-6-8-11/h4-10H,1-3H3. The van der Waals surface area contributed by atoms with Gasteiger partial charge in [0.05, 0.1) is 6.04 Å². The van der Waals surface area contributed by atoms with Crippen LogP contribution in [-0.4, -0.2) is 24.2 Å². The molecule has 1 heterocycles. The van der Waals surface area contributed by atoms with E-state index in [1.54, 1.807) is 0 Å². The molecule has 1 unspecified atom stereocenters. The van der Waals surface area contributed by atoms with Gasteiger partial charge in [0.1, 0.15) is 5.69 Å². The molecule has 3 nitrogen and oxygen atoms in total. The van der Waals surface area contributed by atoms with Crippen molar-refractivity contribution in [3.05, 3.63) is 42.2 Å². The Labute approximate surface area is 95.7 Å². The van der Waals surface area contributed by atoms with Gasteiger partial charge in [-0.2, -0.15) is 0 Å². The molecule has 0 amide bonds. The zero-order valence-corrected chi connectivity index (χ0v) is 9.84. The average molecular weight is 216 g/mol. The van der Waals surface area contributed by atoms with Crippen LogP contribution >= 0.6 is 0 Å². The minimum atomic E-state index is 0.241. The molecule has 2 rings (SSSR count). The third-order valence-corrected chi connectivity index (χ3v) is 2.78. The Morgan fingerprint density at radius 3 is 2.50 bits per heavy atom. The van der Waals surface area contributed by atoms with E-state index in [-0.39, 0.29) is 6.04 Å². The van der Waals surface area contributed by atoms with E-state index < -0.39 is 0 Å². The van der Waals surface area contributed by atoms with Crippen LogP contribution in [0, 0.1) is 0 Å². The van der Waals surface area contributed by atoms with Crippen LogP contribution in [0.2, 0.25) is 0 Å². The first-order valence-corrected chi connectivity index (χ1v) is 5.37. The fourth-order valence-electron chi connectivity index (χ4n) is 1.49. The molecule has 0 N–H and O–H groups in total. The van der Waals surface area contributed by atoms with Crippen molar-refractivity contribution in [2.45, 2.75) is 13.0 Å². The molecular weight excluding hydrogens is 200 g/mol. The molecule has 0 aliphatic carbocycles. The highest BCUT2D eigenvalue weighted by Gasteiger charge is 2.14. The van der Waals surface area contributed by atoms with Crippen molar-refractivity contribution in [1.82, 2.24) is 10.1 Å². The van der Waals surface area contributed by atoms with E-state index in [2.05, 4.69) is 17.0 Å². The third kappa shape index (κ3) is 2.14. The summed E-state index contributed by atoms with van der Waals surface area (Å²) in [6.07, 6.45) is 0. The molecule has 0 bridgehead atoms. The molecule has 0 saturated carbocycles. The first kappa shape index (κ1) is 10.9. The lowest BCUT2D eigenvalue weighted by Crippen LogP contribution is -2.15. The molecule has 0 aliphatic rings. The fourth-order valence-corrected chi connectivity index (χ4v) is 1.49. The second-order valence-corrected chi connectivity index (χ2v) is 4.12. The topological polar surface area (TPSA) is 29.3 Å². The lowest BCUT2D eigenvalue weighted by Gasteiger charge is -2.15. The Hall–Kier alpha value is -1.61. The first-order valence-electron chi connectivity index (χ1n) is 5.37. The van der Waals surface area contributed by atoms with Crippen molar-refractivity contribution in [3.8, 4) is 11.3 Å². The van der Waals surface area contributed by atoms with E-state index in [4.69, 9.17) is 4.52 Å². The molecule has 3 heteroatoms. The van der Waals surface area contributed by atoms with Crippen LogP contribution in [0.4, 0.5) is 0 Å². The van der Waals surface area contributed by atoms with Crippen LogP contribution in [0.5, 0.6) is 0 Å². The van der Waals surface area contributed by atoms with Crippen molar-refractivity contribution < 1.29 is 4.52 Å². The molecule has 0 saturated heterocycles. The number of nitrogens with zero attached hydrogens (tertiary/aromatic N) is 2. The largest absolute Gasteiger partial charge is 0.359 e. The molecule has 0 fully saturated rings. The van der Waals surface area contributed by atoms with Gasteiger partial charge in [-0.3, -0.25) is 4.90 Å². The second-order valence-electron chi connectivity index (χ2n) is 4.12. The average Bonchev–Trinajstić information content (AvgIpc) is 2.78. The molecule has 0 aliphatic heterocycles. The van der Waals surface area contributed by atoms with Crippen LogP contribution in [0.3, 0.4) is 0 Å². The second kappa shape index (κ2) is 4.49. The molecule has 1 atom stereocenters. The third-order valence-electron chi connectivity index (χ3n) is 2.78. The highest BCUT2D eigenvalue weighted by Crippen LogP contribution is 2.23. The summed E-state index contributed by atoms with van der Waals surface area (Å²) < 4.78 is 5.35. The number of hydrogen-bond acceptors (Lipinski definition) is 3. The van der Waals surface area contributed by atoms with Gasteiger partial charge in [-0.25, -0.2) is 0 Å². The van der Waals surface area contributed by atoms with Crippen molar-refractivity contribution in [3.63, 3.8) is 0 Å². The summed E-state index contributed by atoms with van der Waals surface area (Å²) in [6.45, 7) is 2.09. The van der Waals surface area contributed by atoms with Gasteiger partial charge >= 0.3 is 0 Å². The molecule has 1 aromatic carbocycles. The van der Waals surface area contributed by atoms with Crippen LogP contribution in [-0.2, 0) is 0 Å². The van der Waals surface area contributed by atoms with Crippen LogP contribution in [0.1, 0.15) is 18.7 Å². The van der Waals surface area contributed by atoms with Gasteiger partial charge in [-0.1, -0.05) is 35.5 Å². The highest BCUT2D eigenvalue weighted by molar-refractivity contribution is 5.58. The Balaban J connectivity index is 2.27. The van der Waals surface area contributed by atoms with Crippen molar-refractivity contribution in [2.75, 3.05) is 14.1 Å². The quantitative estimate of drug-likeness (QED) is 0.790. The summed E-state index contributed by atoms with van der Waals surface area (Å²) in [6, 6.07) is 12.3. The van der Waals surface area contributed by atoms with E-state index in [0.717, 1.165) is 17.0 Å². The fraction of sp³-hybridized carbons (Fsp3) is 0.308. The molecule has 84 valence electrons.